The third kappa shape index (κ3) is 8.52. The topological polar surface area (TPSA) is 64.7 Å². The minimum atomic E-state index is -5.09. The summed E-state index contributed by atoms with van der Waals surface area (Å²) in [6.45, 7) is 2.69. The number of hydrogen-bond donors (Lipinski definition) is 2. The first-order valence-corrected chi connectivity index (χ1v) is 14.3. The van der Waals surface area contributed by atoms with E-state index in [0.29, 0.717) is 30.7 Å². The molecule has 2 N–H and O–H groups in total. The fourth-order valence-corrected chi connectivity index (χ4v) is 5.22. The van der Waals surface area contributed by atoms with Gasteiger partial charge >= 0.3 is 18.4 Å². The summed E-state index contributed by atoms with van der Waals surface area (Å²) in [5.41, 5.74) is -2.05. The van der Waals surface area contributed by atoms with Crippen molar-refractivity contribution in [2.24, 2.45) is 0 Å². The van der Waals surface area contributed by atoms with E-state index in [4.69, 9.17) is 0 Å². The summed E-state index contributed by atoms with van der Waals surface area (Å²) in [6, 6.07) is 18.4. The SMILES string of the molecule is CCC(NCCc1ccccc1)NC(=O)N1CCC(c2ccccc2)N(C(=O)c2cc(C(F)(F)F)cc(C(F)(F)F)c2)CC1. The van der Waals surface area contributed by atoms with Crippen molar-refractivity contribution in [3.05, 3.63) is 107 Å². The van der Waals surface area contributed by atoms with Crippen molar-refractivity contribution in [1.29, 1.82) is 0 Å². The van der Waals surface area contributed by atoms with Crippen molar-refractivity contribution in [1.82, 2.24) is 20.4 Å². The Morgan fingerprint density at radius 3 is 2.00 bits per heavy atom. The molecule has 0 aromatic heterocycles. The average Bonchev–Trinajstić information content (AvgIpc) is 3.23. The zero-order chi connectivity index (χ0) is 31.9. The van der Waals surface area contributed by atoms with E-state index in [1.165, 1.54) is 9.80 Å². The number of amides is 3. The van der Waals surface area contributed by atoms with E-state index in [1.807, 2.05) is 37.3 Å². The Labute approximate surface area is 252 Å². The first kappa shape index (κ1) is 32.8. The maximum absolute atomic E-state index is 13.7. The Bertz CT molecular complexity index is 1370. The molecule has 0 radical (unpaired) electrons. The highest BCUT2D eigenvalue weighted by Gasteiger charge is 2.39. The molecule has 0 spiro atoms. The van der Waals surface area contributed by atoms with E-state index in [0.717, 1.165) is 12.0 Å². The van der Waals surface area contributed by atoms with E-state index in [-0.39, 0.29) is 44.3 Å². The molecule has 2 unspecified atom stereocenters. The van der Waals surface area contributed by atoms with Gasteiger partial charge in [0.15, 0.2) is 0 Å². The van der Waals surface area contributed by atoms with Gasteiger partial charge in [0.2, 0.25) is 0 Å². The van der Waals surface area contributed by atoms with Gasteiger partial charge < -0.3 is 15.1 Å². The Morgan fingerprint density at radius 1 is 0.841 bits per heavy atom. The van der Waals surface area contributed by atoms with E-state index in [2.05, 4.69) is 10.6 Å². The Hall–Kier alpha value is -4.06. The van der Waals surface area contributed by atoms with Crippen molar-refractivity contribution in [2.75, 3.05) is 26.2 Å². The van der Waals surface area contributed by atoms with Crippen LogP contribution in [0.1, 0.15) is 58.4 Å². The molecule has 1 fully saturated rings. The molecule has 236 valence electrons. The van der Waals surface area contributed by atoms with Crippen LogP contribution >= 0.6 is 0 Å². The van der Waals surface area contributed by atoms with Crippen molar-refractivity contribution in [3.8, 4) is 0 Å². The first-order valence-electron chi connectivity index (χ1n) is 14.3. The van der Waals surface area contributed by atoms with Crippen LogP contribution in [0, 0.1) is 0 Å². The van der Waals surface area contributed by atoms with E-state index in [1.54, 1.807) is 30.3 Å². The van der Waals surface area contributed by atoms with Crippen LogP contribution in [0.4, 0.5) is 31.1 Å². The van der Waals surface area contributed by atoms with Crippen molar-refractivity contribution in [2.45, 2.75) is 50.7 Å². The maximum Gasteiger partial charge on any atom is 0.416 e. The number of nitrogens with zero attached hydrogens (tertiary/aromatic N) is 2. The monoisotopic (exact) mass is 620 g/mol. The van der Waals surface area contributed by atoms with Gasteiger partial charge in [0.25, 0.3) is 5.91 Å². The van der Waals surface area contributed by atoms with Crippen LogP contribution in [0.15, 0.2) is 78.9 Å². The second-order valence-electron chi connectivity index (χ2n) is 10.6. The number of hydrogen-bond acceptors (Lipinski definition) is 3. The highest BCUT2D eigenvalue weighted by molar-refractivity contribution is 5.95. The van der Waals surface area contributed by atoms with Crippen molar-refractivity contribution < 1.29 is 35.9 Å². The van der Waals surface area contributed by atoms with Crippen LogP contribution in [0.25, 0.3) is 0 Å². The highest BCUT2D eigenvalue weighted by Crippen LogP contribution is 2.37. The number of carbonyl (C=O) groups is 2. The predicted octanol–water partition coefficient (Wildman–Crippen LogP) is 6.89. The standard InChI is InChI=1S/C32H34F6N4O2/c1-2-28(39-15-13-22-9-5-3-6-10-22)40-30(44)41-16-14-27(23-11-7-4-8-12-23)42(18-17-41)29(43)24-19-25(31(33,34)35)21-26(20-24)32(36,37)38/h3-12,19-21,27-28,39H,2,13-18H2,1H3,(H,40,44). The number of carbonyl (C=O) groups excluding carboxylic acids is 2. The fourth-order valence-electron chi connectivity index (χ4n) is 5.22. The smallest absolute Gasteiger partial charge is 0.330 e. The zero-order valence-electron chi connectivity index (χ0n) is 24.1. The lowest BCUT2D eigenvalue weighted by molar-refractivity contribution is -0.143. The lowest BCUT2D eigenvalue weighted by Gasteiger charge is -2.30. The van der Waals surface area contributed by atoms with Gasteiger partial charge in [-0.25, -0.2) is 4.79 Å². The average molecular weight is 621 g/mol. The summed E-state index contributed by atoms with van der Waals surface area (Å²) in [6.07, 6.45) is -8.92. The van der Waals surface area contributed by atoms with Crippen molar-refractivity contribution in [3.63, 3.8) is 0 Å². The molecule has 3 aromatic rings. The number of urea groups is 1. The maximum atomic E-state index is 13.7. The van der Waals surface area contributed by atoms with Crippen molar-refractivity contribution >= 4 is 11.9 Å². The molecule has 3 aromatic carbocycles. The van der Waals surface area contributed by atoms with Gasteiger partial charge in [-0.05, 0) is 48.6 Å². The summed E-state index contributed by atoms with van der Waals surface area (Å²) in [5.74, 6) is -0.980. The molecule has 1 aliphatic heterocycles. The van der Waals surface area contributed by atoms with Crippen LogP contribution < -0.4 is 10.6 Å². The summed E-state index contributed by atoms with van der Waals surface area (Å²) in [7, 11) is 0. The summed E-state index contributed by atoms with van der Waals surface area (Å²) >= 11 is 0. The van der Waals surface area contributed by atoms with Crippen LogP contribution in [0.2, 0.25) is 0 Å². The molecule has 4 rings (SSSR count). The Balaban J connectivity index is 1.53. The molecule has 12 heteroatoms. The normalized spacial score (nSPS) is 16.8. The summed E-state index contributed by atoms with van der Waals surface area (Å²) in [5, 5.41) is 6.27. The van der Waals surface area contributed by atoms with Gasteiger partial charge in [0, 0.05) is 31.7 Å². The molecular weight excluding hydrogens is 586 g/mol. The van der Waals surface area contributed by atoms with E-state index < -0.39 is 41.0 Å². The number of alkyl halides is 6. The number of nitrogens with one attached hydrogen (secondary N) is 2. The van der Waals surface area contributed by atoms with Crippen LogP contribution in [-0.2, 0) is 18.8 Å². The minimum Gasteiger partial charge on any atom is -0.330 e. The summed E-state index contributed by atoms with van der Waals surface area (Å²) in [4.78, 5) is 29.7. The number of rotatable bonds is 8. The number of benzene rings is 3. The molecule has 1 saturated heterocycles. The Morgan fingerprint density at radius 2 is 1.43 bits per heavy atom. The number of halogens is 6. The molecule has 1 heterocycles. The van der Waals surface area contributed by atoms with Crippen LogP contribution in [0.3, 0.4) is 0 Å². The third-order valence-corrected chi connectivity index (χ3v) is 7.58. The van der Waals surface area contributed by atoms with Gasteiger partial charge in [-0.2, -0.15) is 26.3 Å². The van der Waals surface area contributed by atoms with E-state index in [9.17, 15) is 35.9 Å². The first-order chi connectivity index (χ1) is 20.9. The summed E-state index contributed by atoms with van der Waals surface area (Å²) < 4.78 is 81.2. The minimum absolute atomic E-state index is 0.00199. The quantitative estimate of drug-likeness (QED) is 0.213. The molecule has 3 amide bonds. The predicted molar refractivity (Wildman–Crippen MR) is 154 cm³/mol. The molecule has 0 aliphatic carbocycles. The molecule has 2 atom stereocenters. The molecule has 44 heavy (non-hydrogen) atoms. The highest BCUT2D eigenvalue weighted by atomic mass is 19.4. The zero-order valence-corrected chi connectivity index (χ0v) is 24.1. The van der Waals surface area contributed by atoms with Gasteiger partial charge in [0.05, 0.1) is 23.3 Å². The fraction of sp³-hybridized carbons (Fsp3) is 0.375. The van der Waals surface area contributed by atoms with Gasteiger partial charge in [-0.3, -0.25) is 10.1 Å². The van der Waals surface area contributed by atoms with Crippen LogP contribution in [0.5, 0.6) is 0 Å². The molecule has 6 nitrogen and oxygen atoms in total. The van der Waals surface area contributed by atoms with Gasteiger partial charge in [-0.1, -0.05) is 67.6 Å². The lowest BCUT2D eigenvalue weighted by Crippen LogP contribution is -2.51. The molecular formula is C32H34F6N4O2. The Kier molecular flexibility index (Phi) is 10.6. The van der Waals surface area contributed by atoms with Crippen LogP contribution in [-0.4, -0.2) is 54.1 Å². The van der Waals surface area contributed by atoms with Gasteiger partial charge in [0.1, 0.15) is 0 Å². The molecule has 0 saturated carbocycles. The molecule has 1 aliphatic rings. The lowest BCUT2D eigenvalue weighted by atomic mass is 9.99. The van der Waals surface area contributed by atoms with Gasteiger partial charge in [-0.15, -0.1) is 0 Å². The second-order valence-corrected chi connectivity index (χ2v) is 10.6. The molecule has 0 bridgehead atoms. The largest absolute Gasteiger partial charge is 0.416 e. The third-order valence-electron chi connectivity index (χ3n) is 7.58. The second kappa shape index (κ2) is 14.1. The van der Waals surface area contributed by atoms with E-state index >= 15 is 0 Å².